The minimum atomic E-state index is -0.190. The first kappa shape index (κ1) is 17.9. The molecule has 1 unspecified atom stereocenters. The number of carbonyl (C=O) groups excluding carboxylic acids is 1. The van der Waals surface area contributed by atoms with Crippen molar-refractivity contribution in [2.45, 2.75) is 32.7 Å². The molecule has 0 saturated heterocycles. The molecule has 2 rings (SSSR count). The molecule has 128 valence electrons. The smallest absolute Gasteiger partial charge is 0.315 e. The lowest BCUT2D eigenvalue weighted by atomic mass is 10.0. The van der Waals surface area contributed by atoms with E-state index >= 15 is 0 Å². The Kier molecular flexibility index (Phi) is 6.67. The van der Waals surface area contributed by atoms with Crippen molar-refractivity contribution < 1.29 is 9.53 Å². The first-order valence-corrected chi connectivity index (χ1v) is 8.38. The number of nitrogens with one attached hydrogen (secondary N) is 2. The van der Waals surface area contributed by atoms with E-state index in [4.69, 9.17) is 4.74 Å². The van der Waals surface area contributed by atoms with Gasteiger partial charge in [0.15, 0.2) is 0 Å². The fourth-order valence-corrected chi connectivity index (χ4v) is 2.36. The third-order valence-corrected chi connectivity index (χ3v) is 3.85. The number of carbonyl (C=O) groups is 1. The van der Waals surface area contributed by atoms with Crippen molar-refractivity contribution in [3.8, 4) is 5.75 Å². The van der Waals surface area contributed by atoms with E-state index in [0.717, 1.165) is 11.3 Å². The standard InChI is InChI=1S/C20H26N2O2/c1-15(2)17-9-11-19(12-10-17)24-14-13-21-20(23)22-16(3)18-7-5-4-6-8-18/h4-12,15-16H,13-14H2,1-3H3,(H2,21,22,23). The van der Waals surface area contributed by atoms with Gasteiger partial charge in [-0.1, -0.05) is 56.3 Å². The van der Waals surface area contributed by atoms with Gasteiger partial charge in [0, 0.05) is 0 Å². The lowest BCUT2D eigenvalue weighted by Crippen LogP contribution is -2.38. The van der Waals surface area contributed by atoms with Crippen molar-refractivity contribution >= 4 is 6.03 Å². The molecule has 2 aromatic rings. The maximum Gasteiger partial charge on any atom is 0.315 e. The Balaban J connectivity index is 1.67. The maximum absolute atomic E-state index is 11.9. The zero-order valence-corrected chi connectivity index (χ0v) is 14.6. The average Bonchev–Trinajstić information content (AvgIpc) is 2.60. The summed E-state index contributed by atoms with van der Waals surface area (Å²) in [6.07, 6.45) is 0. The molecule has 2 N–H and O–H groups in total. The first-order valence-electron chi connectivity index (χ1n) is 8.38. The summed E-state index contributed by atoms with van der Waals surface area (Å²) in [5, 5.41) is 5.72. The molecule has 0 aliphatic carbocycles. The monoisotopic (exact) mass is 326 g/mol. The van der Waals surface area contributed by atoms with Crippen LogP contribution in [-0.2, 0) is 0 Å². The van der Waals surface area contributed by atoms with E-state index in [1.165, 1.54) is 5.56 Å². The highest BCUT2D eigenvalue weighted by atomic mass is 16.5. The Bertz CT molecular complexity index is 624. The predicted octanol–water partition coefficient (Wildman–Crippen LogP) is 4.25. The van der Waals surface area contributed by atoms with Gasteiger partial charge in [-0.2, -0.15) is 0 Å². The van der Waals surface area contributed by atoms with Crippen LogP contribution in [-0.4, -0.2) is 19.2 Å². The van der Waals surface area contributed by atoms with Gasteiger partial charge in [0.25, 0.3) is 0 Å². The van der Waals surface area contributed by atoms with Gasteiger partial charge in [-0.05, 0) is 36.1 Å². The Hall–Kier alpha value is -2.49. The van der Waals surface area contributed by atoms with Crippen molar-refractivity contribution in [1.29, 1.82) is 0 Å². The Morgan fingerprint density at radius 2 is 1.62 bits per heavy atom. The Morgan fingerprint density at radius 3 is 2.25 bits per heavy atom. The summed E-state index contributed by atoms with van der Waals surface area (Å²) in [5.41, 5.74) is 2.36. The lowest BCUT2D eigenvalue weighted by Gasteiger charge is -2.15. The largest absolute Gasteiger partial charge is 0.492 e. The van der Waals surface area contributed by atoms with E-state index in [2.05, 4.69) is 36.6 Å². The molecule has 0 radical (unpaired) electrons. The second-order valence-corrected chi connectivity index (χ2v) is 6.10. The summed E-state index contributed by atoms with van der Waals surface area (Å²) in [6.45, 7) is 7.18. The van der Waals surface area contributed by atoms with Crippen LogP contribution in [0.3, 0.4) is 0 Å². The molecule has 2 aromatic carbocycles. The molecule has 0 fully saturated rings. The van der Waals surface area contributed by atoms with Gasteiger partial charge in [-0.25, -0.2) is 4.79 Å². The van der Waals surface area contributed by atoms with Crippen LogP contribution in [0.4, 0.5) is 4.79 Å². The highest BCUT2D eigenvalue weighted by Crippen LogP contribution is 2.18. The normalized spacial score (nSPS) is 11.8. The molecule has 0 aromatic heterocycles. The molecule has 0 spiro atoms. The molecule has 0 aliphatic rings. The minimum absolute atomic E-state index is 0.0318. The van der Waals surface area contributed by atoms with Gasteiger partial charge in [0.05, 0.1) is 12.6 Å². The van der Waals surface area contributed by atoms with Crippen molar-refractivity contribution in [3.63, 3.8) is 0 Å². The third kappa shape index (κ3) is 5.61. The molecule has 0 aliphatic heterocycles. The molecule has 24 heavy (non-hydrogen) atoms. The summed E-state index contributed by atoms with van der Waals surface area (Å²) in [7, 11) is 0. The Labute approximate surface area is 144 Å². The SMILES string of the molecule is CC(C)c1ccc(OCCNC(=O)NC(C)c2ccccc2)cc1. The summed E-state index contributed by atoms with van der Waals surface area (Å²) in [5.74, 6) is 1.33. The van der Waals surface area contributed by atoms with Crippen LogP contribution in [0.2, 0.25) is 0 Å². The van der Waals surface area contributed by atoms with Crippen molar-refractivity contribution in [2.24, 2.45) is 0 Å². The number of hydrogen-bond acceptors (Lipinski definition) is 2. The lowest BCUT2D eigenvalue weighted by molar-refractivity contribution is 0.233. The number of amides is 2. The highest BCUT2D eigenvalue weighted by molar-refractivity contribution is 5.74. The van der Waals surface area contributed by atoms with Crippen LogP contribution in [0.15, 0.2) is 54.6 Å². The molecular weight excluding hydrogens is 300 g/mol. The topological polar surface area (TPSA) is 50.4 Å². The molecule has 4 heteroatoms. The van der Waals surface area contributed by atoms with Crippen LogP contribution in [0.5, 0.6) is 5.75 Å². The van der Waals surface area contributed by atoms with Gasteiger partial charge in [0.2, 0.25) is 0 Å². The zero-order valence-electron chi connectivity index (χ0n) is 14.6. The van der Waals surface area contributed by atoms with Crippen LogP contribution >= 0.6 is 0 Å². The fraction of sp³-hybridized carbons (Fsp3) is 0.350. The molecular formula is C20H26N2O2. The average molecular weight is 326 g/mol. The van der Waals surface area contributed by atoms with Gasteiger partial charge in [0.1, 0.15) is 12.4 Å². The molecule has 1 atom stereocenters. The number of hydrogen-bond donors (Lipinski definition) is 2. The van der Waals surface area contributed by atoms with E-state index in [9.17, 15) is 4.79 Å². The predicted molar refractivity (Wildman–Crippen MR) is 97.4 cm³/mol. The van der Waals surface area contributed by atoms with Gasteiger partial charge in [-0.3, -0.25) is 0 Å². The fourth-order valence-electron chi connectivity index (χ4n) is 2.36. The van der Waals surface area contributed by atoms with Gasteiger partial charge in [-0.15, -0.1) is 0 Å². The second-order valence-electron chi connectivity index (χ2n) is 6.10. The summed E-state index contributed by atoms with van der Waals surface area (Å²) in [4.78, 5) is 11.9. The van der Waals surface area contributed by atoms with E-state index in [0.29, 0.717) is 19.1 Å². The summed E-state index contributed by atoms with van der Waals surface area (Å²) < 4.78 is 5.64. The molecule has 0 bridgehead atoms. The Morgan fingerprint density at radius 1 is 0.958 bits per heavy atom. The summed E-state index contributed by atoms with van der Waals surface area (Å²) in [6, 6.07) is 17.7. The molecule has 0 saturated carbocycles. The number of ether oxygens (including phenoxy) is 1. The van der Waals surface area contributed by atoms with Crippen LogP contribution in [0.1, 0.15) is 43.9 Å². The first-order chi connectivity index (χ1) is 11.6. The van der Waals surface area contributed by atoms with Crippen molar-refractivity contribution in [1.82, 2.24) is 10.6 Å². The van der Waals surface area contributed by atoms with Crippen LogP contribution < -0.4 is 15.4 Å². The van der Waals surface area contributed by atoms with E-state index in [-0.39, 0.29) is 12.1 Å². The van der Waals surface area contributed by atoms with E-state index in [1.807, 2.05) is 49.4 Å². The highest BCUT2D eigenvalue weighted by Gasteiger charge is 2.08. The van der Waals surface area contributed by atoms with Crippen LogP contribution in [0.25, 0.3) is 0 Å². The van der Waals surface area contributed by atoms with E-state index < -0.39 is 0 Å². The quantitative estimate of drug-likeness (QED) is 0.747. The maximum atomic E-state index is 11.9. The zero-order chi connectivity index (χ0) is 17.4. The van der Waals surface area contributed by atoms with Crippen LogP contribution in [0, 0.1) is 0 Å². The molecule has 4 nitrogen and oxygen atoms in total. The number of urea groups is 1. The molecule has 2 amide bonds. The summed E-state index contributed by atoms with van der Waals surface area (Å²) >= 11 is 0. The van der Waals surface area contributed by atoms with Crippen molar-refractivity contribution in [3.05, 3.63) is 65.7 Å². The number of benzene rings is 2. The molecule has 0 heterocycles. The third-order valence-electron chi connectivity index (χ3n) is 3.85. The second kappa shape index (κ2) is 8.96. The minimum Gasteiger partial charge on any atom is -0.492 e. The van der Waals surface area contributed by atoms with Gasteiger partial charge < -0.3 is 15.4 Å². The number of rotatable bonds is 7. The van der Waals surface area contributed by atoms with Crippen molar-refractivity contribution in [2.75, 3.05) is 13.2 Å². The van der Waals surface area contributed by atoms with E-state index in [1.54, 1.807) is 0 Å². The van der Waals surface area contributed by atoms with Gasteiger partial charge >= 0.3 is 6.03 Å².